The molecule has 0 radical (unpaired) electrons. The van der Waals surface area contributed by atoms with E-state index in [2.05, 4.69) is 12.2 Å². The fraction of sp³-hybridized carbons (Fsp3) is 0.533. The lowest BCUT2D eigenvalue weighted by molar-refractivity contribution is -0.141. The zero-order valence-corrected chi connectivity index (χ0v) is 12.3. The van der Waals surface area contributed by atoms with Crippen molar-refractivity contribution in [2.24, 2.45) is 0 Å². The van der Waals surface area contributed by atoms with Gasteiger partial charge in [0.15, 0.2) is 0 Å². The summed E-state index contributed by atoms with van der Waals surface area (Å²) < 4.78 is 4.87. The Labute approximate surface area is 115 Å². The molecule has 0 aliphatic rings. The van der Waals surface area contributed by atoms with Crippen LogP contribution in [0.1, 0.15) is 26.2 Å². The van der Waals surface area contributed by atoms with Gasteiger partial charge in [-0.25, -0.2) is 4.79 Å². The molecule has 1 atom stereocenters. The Morgan fingerprint density at radius 3 is 2.63 bits per heavy atom. The first-order valence-corrected chi connectivity index (χ1v) is 6.70. The van der Waals surface area contributed by atoms with Gasteiger partial charge in [-0.2, -0.15) is 0 Å². The number of nitrogens with one attached hydrogen (secondary N) is 1. The summed E-state index contributed by atoms with van der Waals surface area (Å²) in [7, 11) is 5.40. The van der Waals surface area contributed by atoms with Gasteiger partial charge in [0.2, 0.25) is 0 Å². The summed E-state index contributed by atoms with van der Waals surface area (Å²) in [6.07, 6.45) is 2.84. The van der Waals surface area contributed by atoms with Crippen molar-refractivity contribution in [3.63, 3.8) is 0 Å². The fourth-order valence-corrected chi connectivity index (χ4v) is 1.97. The third-order valence-corrected chi connectivity index (χ3v) is 3.05. The predicted molar refractivity (Wildman–Crippen MR) is 79.7 cm³/mol. The molecule has 0 aliphatic carbocycles. The van der Waals surface area contributed by atoms with Crippen LogP contribution in [-0.2, 0) is 9.53 Å². The number of ether oxygens (including phenoxy) is 1. The average Bonchev–Trinajstić information content (AvgIpc) is 2.42. The first-order chi connectivity index (χ1) is 9.10. The van der Waals surface area contributed by atoms with Gasteiger partial charge in [0.1, 0.15) is 6.04 Å². The van der Waals surface area contributed by atoms with Crippen molar-refractivity contribution < 1.29 is 9.53 Å². The minimum atomic E-state index is -0.286. The minimum Gasteiger partial charge on any atom is -0.467 e. The molecule has 0 aromatic heterocycles. The number of para-hydroxylation sites is 2. The van der Waals surface area contributed by atoms with Crippen LogP contribution in [0, 0.1) is 0 Å². The van der Waals surface area contributed by atoms with Crippen LogP contribution < -0.4 is 10.2 Å². The number of hydrogen-bond acceptors (Lipinski definition) is 4. The molecule has 19 heavy (non-hydrogen) atoms. The van der Waals surface area contributed by atoms with E-state index in [1.165, 1.54) is 7.11 Å². The minimum absolute atomic E-state index is 0.206. The molecule has 1 N–H and O–H groups in total. The van der Waals surface area contributed by atoms with Crippen LogP contribution >= 0.6 is 0 Å². The van der Waals surface area contributed by atoms with E-state index in [1.807, 2.05) is 43.3 Å². The van der Waals surface area contributed by atoms with Gasteiger partial charge < -0.3 is 15.0 Å². The zero-order valence-electron chi connectivity index (χ0n) is 12.3. The summed E-state index contributed by atoms with van der Waals surface area (Å²) in [4.78, 5) is 13.8. The Kier molecular flexibility index (Phi) is 6.19. The quantitative estimate of drug-likeness (QED) is 0.769. The fourth-order valence-electron chi connectivity index (χ4n) is 1.97. The number of anilines is 2. The van der Waals surface area contributed by atoms with E-state index in [-0.39, 0.29) is 12.0 Å². The smallest absolute Gasteiger partial charge is 0.328 e. The molecule has 1 rings (SSSR count). The first-order valence-electron chi connectivity index (χ1n) is 6.70. The molecule has 0 heterocycles. The second kappa shape index (κ2) is 7.67. The van der Waals surface area contributed by atoms with Gasteiger partial charge in [-0.1, -0.05) is 31.9 Å². The normalized spacial score (nSPS) is 11.8. The third-order valence-electron chi connectivity index (χ3n) is 3.05. The largest absolute Gasteiger partial charge is 0.467 e. The number of methoxy groups -OCH3 is 1. The molecule has 1 aromatic rings. The second-order valence-electron chi connectivity index (χ2n) is 4.77. The van der Waals surface area contributed by atoms with E-state index in [4.69, 9.17) is 4.74 Å². The van der Waals surface area contributed by atoms with Gasteiger partial charge in [-0.15, -0.1) is 0 Å². The standard InChI is InChI=1S/C15H24N2O2/c1-5-6-9-13(15(18)19-4)16-12-10-7-8-11-14(12)17(2)3/h7-8,10-11,13,16H,5-6,9H2,1-4H3. The maximum absolute atomic E-state index is 11.8. The van der Waals surface area contributed by atoms with E-state index in [0.717, 1.165) is 30.6 Å². The summed E-state index contributed by atoms with van der Waals surface area (Å²) >= 11 is 0. The zero-order chi connectivity index (χ0) is 14.3. The first kappa shape index (κ1) is 15.3. The molecule has 0 amide bonds. The lowest BCUT2D eigenvalue weighted by atomic mass is 10.1. The van der Waals surface area contributed by atoms with Gasteiger partial charge in [-0.05, 0) is 18.6 Å². The Morgan fingerprint density at radius 2 is 2.05 bits per heavy atom. The molecule has 0 fully saturated rings. The summed E-state index contributed by atoms with van der Waals surface area (Å²) in [5.41, 5.74) is 2.02. The van der Waals surface area contributed by atoms with Crippen LogP contribution in [-0.4, -0.2) is 33.2 Å². The SMILES string of the molecule is CCCCC(Nc1ccccc1N(C)C)C(=O)OC. The molecule has 0 spiro atoms. The third kappa shape index (κ3) is 4.47. The Balaban J connectivity index is 2.86. The molecular formula is C15H24N2O2. The van der Waals surface area contributed by atoms with Gasteiger partial charge >= 0.3 is 5.97 Å². The van der Waals surface area contributed by atoms with E-state index >= 15 is 0 Å². The highest BCUT2D eigenvalue weighted by atomic mass is 16.5. The number of nitrogens with zero attached hydrogens (tertiary/aromatic N) is 1. The molecule has 106 valence electrons. The van der Waals surface area contributed by atoms with Gasteiger partial charge in [0.05, 0.1) is 18.5 Å². The molecule has 4 nitrogen and oxygen atoms in total. The Bertz CT molecular complexity index is 405. The van der Waals surface area contributed by atoms with Crippen LogP contribution in [0.25, 0.3) is 0 Å². The van der Waals surface area contributed by atoms with Gasteiger partial charge in [-0.3, -0.25) is 0 Å². The van der Waals surface area contributed by atoms with Gasteiger partial charge in [0.25, 0.3) is 0 Å². The van der Waals surface area contributed by atoms with Crippen LogP contribution in [0.5, 0.6) is 0 Å². The van der Waals surface area contributed by atoms with Crippen LogP contribution in [0.3, 0.4) is 0 Å². The van der Waals surface area contributed by atoms with Crippen molar-refractivity contribution in [1.82, 2.24) is 0 Å². The maximum atomic E-state index is 11.8. The number of hydrogen-bond donors (Lipinski definition) is 1. The number of unbranched alkanes of at least 4 members (excludes halogenated alkanes) is 1. The molecule has 0 saturated carbocycles. The van der Waals surface area contributed by atoms with E-state index < -0.39 is 0 Å². The average molecular weight is 264 g/mol. The van der Waals surface area contributed by atoms with Gasteiger partial charge in [0, 0.05) is 14.1 Å². The molecule has 4 heteroatoms. The van der Waals surface area contributed by atoms with Crippen LogP contribution in [0.4, 0.5) is 11.4 Å². The van der Waals surface area contributed by atoms with Crippen LogP contribution in [0.15, 0.2) is 24.3 Å². The maximum Gasteiger partial charge on any atom is 0.328 e. The van der Waals surface area contributed by atoms with E-state index in [9.17, 15) is 4.79 Å². The van der Waals surface area contributed by atoms with Crippen molar-refractivity contribution in [2.45, 2.75) is 32.2 Å². The van der Waals surface area contributed by atoms with Crippen molar-refractivity contribution in [2.75, 3.05) is 31.4 Å². The summed E-state index contributed by atoms with van der Waals surface area (Å²) in [5, 5.41) is 3.30. The summed E-state index contributed by atoms with van der Waals surface area (Å²) in [6, 6.07) is 7.67. The lowest BCUT2D eigenvalue weighted by Crippen LogP contribution is -2.31. The van der Waals surface area contributed by atoms with Crippen molar-refractivity contribution >= 4 is 17.3 Å². The predicted octanol–water partition coefficient (Wildman–Crippen LogP) is 2.90. The molecule has 0 saturated heterocycles. The van der Waals surface area contributed by atoms with Crippen LogP contribution in [0.2, 0.25) is 0 Å². The number of rotatable bonds is 7. The highest BCUT2D eigenvalue weighted by Gasteiger charge is 2.19. The number of carbonyl (C=O) groups excluding carboxylic acids is 1. The van der Waals surface area contributed by atoms with Crippen molar-refractivity contribution in [1.29, 1.82) is 0 Å². The molecule has 0 bridgehead atoms. The summed E-state index contributed by atoms with van der Waals surface area (Å²) in [6.45, 7) is 2.11. The van der Waals surface area contributed by atoms with Crippen molar-refractivity contribution in [3.8, 4) is 0 Å². The lowest BCUT2D eigenvalue weighted by Gasteiger charge is -2.22. The molecule has 0 aliphatic heterocycles. The second-order valence-corrected chi connectivity index (χ2v) is 4.77. The molecule has 1 aromatic carbocycles. The summed E-state index contributed by atoms with van der Waals surface area (Å²) in [5.74, 6) is -0.206. The Morgan fingerprint density at radius 1 is 1.37 bits per heavy atom. The van der Waals surface area contributed by atoms with E-state index in [0.29, 0.717) is 0 Å². The highest BCUT2D eigenvalue weighted by Crippen LogP contribution is 2.25. The topological polar surface area (TPSA) is 41.6 Å². The van der Waals surface area contributed by atoms with Crippen molar-refractivity contribution in [3.05, 3.63) is 24.3 Å². The number of esters is 1. The Hall–Kier alpha value is -1.71. The van der Waals surface area contributed by atoms with E-state index in [1.54, 1.807) is 0 Å². The monoisotopic (exact) mass is 264 g/mol. The number of benzene rings is 1. The molecule has 1 unspecified atom stereocenters. The number of carbonyl (C=O) groups is 1. The highest BCUT2D eigenvalue weighted by molar-refractivity contribution is 5.81. The molecular weight excluding hydrogens is 240 g/mol.